The largest absolute Gasteiger partial charge is 0.467 e. The third-order valence-corrected chi connectivity index (χ3v) is 3.80. The Kier molecular flexibility index (Phi) is 6.34. The van der Waals surface area contributed by atoms with Gasteiger partial charge in [-0.25, -0.2) is 0 Å². The van der Waals surface area contributed by atoms with Crippen molar-refractivity contribution in [1.82, 2.24) is 0 Å². The van der Waals surface area contributed by atoms with Crippen molar-refractivity contribution in [2.45, 2.75) is 32.1 Å². The fourth-order valence-corrected chi connectivity index (χ4v) is 2.66. The molecule has 0 spiro atoms. The molecule has 2 rings (SSSR count). The molecule has 0 aliphatic heterocycles. The Balaban J connectivity index is 2.02. The van der Waals surface area contributed by atoms with Crippen LogP contribution in [0, 0.1) is 5.92 Å². The van der Waals surface area contributed by atoms with Gasteiger partial charge in [-0.05, 0) is 43.4 Å². The first-order valence-electron chi connectivity index (χ1n) is 7.64. The maximum absolute atomic E-state index is 12.5. The summed E-state index contributed by atoms with van der Waals surface area (Å²) in [5.74, 6) is 1.11. The van der Waals surface area contributed by atoms with Crippen LogP contribution < -0.4 is 4.74 Å². The van der Waals surface area contributed by atoms with Crippen molar-refractivity contribution in [3.8, 4) is 5.75 Å². The van der Waals surface area contributed by atoms with Crippen molar-refractivity contribution in [3.05, 3.63) is 42.0 Å². The highest BCUT2D eigenvalue weighted by atomic mass is 16.7. The number of ether oxygens (including phenoxy) is 2. The minimum absolute atomic E-state index is 0.0806. The van der Waals surface area contributed by atoms with E-state index < -0.39 is 0 Å². The Hall–Kier alpha value is -1.94. The molecular formula is C18H22O4. The molecule has 118 valence electrons. The van der Waals surface area contributed by atoms with Gasteiger partial charge in [0, 0.05) is 20.0 Å². The van der Waals surface area contributed by atoms with E-state index in [2.05, 4.69) is 0 Å². The van der Waals surface area contributed by atoms with Gasteiger partial charge in [-0.3, -0.25) is 9.59 Å². The number of carbonyl (C=O) groups excluding carboxylic acids is 2. The molecule has 0 amide bonds. The molecule has 22 heavy (non-hydrogen) atoms. The molecule has 0 radical (unpaired) electrons. The molecule has 0 aromatic heterocycles. The Labute approximate surface area is 131 Å². The van der Waals surface area contributed by atoms with Crippen LogP contribution >= 0.6 is 0 Å². The van der Waals surface area contributed by atoms with Gasteiger partial charge in [0.05, 0.1) is 5.56 Å². The van der Waals surface area contributed by atoms with E-state index in [0.717, 1.165) is 19.3 Å². The van der Waals surface area contributed by atoms with Crippen LogP contribution in [0.3, 0.4) is 0 Å². The number of allylic oxidation sites excluding steroid dienone is 2. The summed E-state index contributed by atoms with van der Waals surface area (Å²) >= 11 is 0. The van der Waals surface area contributed by atoms with Gasteiger partial charge in [-0.1, -0.05) is 18.2 Å². The number of rotatable bonds is 6. The van der Waals surface area contributed by atoms with Gasteiger partial charge < -0.3 is 9.47 Å². The fraction of sp³-hybridized carbons (Fsp3) is 0.444. The zero-order chi connectivity index (χ0) is 15.8. The molecule has 1 unspecified atom stereocenters. The van der Waals surface area contributed by atoms with Crippen LogP contribution in [-0.2, 0) is 9.53 Å². The standard InChI is InChI=1S/C18H22O4/c1-21-13-22-18-11-3-2-10-16(18)17(20)12-14-6-4-8-15(19)9-5-7-14/h2-4,8,10-11,14H,5-7,9,12-13H2,1H3/b8-4-. The average molecular weight is 302 g/mol. The zero-order valence-corrected chi connectivity index (χ0v) is 12.9. The zero-order valence-electron chi connectivity index (χ0n) is 12.9. The van der Waals surface area contributed by atoms with Crippen molar-refractivity contribution < 1.29 is 19.1 Å². The highest BCUT2D eigenvalue weighted by Crippen LogP contribution is 2.26. The predicted molar refractivity (Wildman–Crippen MR) is 84.0 cm³/mol. The number of ketones is 2. The molecular weight excluding hydrogens is 280 g/mol. The minimum atomic E-state index is 0.0806. The summed E-state index contributed by atoms with van der Waals surface area (Å²) in [4.78, 5) is 23.9. The summed E-state index contributed by atoms with van der Waals surface area (Å²) in [6.07, 6.45) is 7.13. The summed E-state index contributed by atoms with van der Waals surface area (Å²) in [7, 11) is 1.55. The van der Waals surface area contributed by atoms with Crippen molar-refractivity contribution >= 4 is 11.6 Å². The first-order valence-corrected chi connectivity index (χ1v) is 7.64. The molecule has 4 nitrogen and oxygen atoms in total. The van der Waals surface area contributed by atoms with Crippen LogP contribution in [0.15, 0.2) is 36.4 Å². The number of methoxy groups -OCH3 is 1. The summed E-state index contributed by atoms with van der Waals surface area (Å²) in [5, 5.41) is 0. The van der Waals surface area contributed by atoms with Crippen molar-refractivity contribution in [3.63, 3.8) is 0 Å². The number of Topliss-reactive ketones (excluding diaryl/α,β-unsaturated/α-hetero) is 1. The monoisotopic (exact) mass is 302 g/mol. The molecule has 1 aliphatic carbocycles. The third-order valence-electron chi connectivity index (χ3n) is 3.80. The predicted octanol–water partition coefficient (Wildman–Crippen LogP) is 3.56. The fourth-order valence-electron chi connectivity index (χ4n) is 2.66. The number of hydrogen-bond acceptors (Lipinski definition) is 4. The Morgan fingerprint density at radius 3 is 2.95 bits per heavy atom. The van der Waals surface area contributed by atoms with Crippen LogP contribution in [0.5, 0.6) is 5.75 Å². The lowest BCUT2D eigenvalue weighted by atomic mass is 9.88. The Morgan fingerprint density at radius 2 is 2.14 bits per heavy atom. The van der Waals surface area contributed by atoms with Crippen LogP contribution in [0.2, 0.25) is 0 Å². The van der Waals surface area contributed by atoms with Crippen molar-refractivity contribution in [2.75, 3.05) is 13.9 Å². The molecule has 1 aromatic carbocycles. The summed E-state index contributed by atoms with van der Waals surface area (Å²) < 4.78 is 10.4. The van der Waals surface area contributed by atoms with E-state index in [1.54, 1.807) is 25.3 Å². The summed E-state index contributed by atoms with van der Waals surface area (Å²) in [5.41, 5.74) is 0.599. The first kappa shape index (κ1) is 16.4. The number of benzene rings is 1. The van der Waals surface area contributed by atoms with E-state index in [9.17, 15) is 9.59 Å². The molecule has 0 heterocycles. The SMILES string of the molecule is COCOc1ccccc1C(=O)CC1C/C=C\C(=O)CCC1. The Morgan fingerprint density at radius 1 is 1.32 bits per heavy atom. The molecule has 0 saturated carbocycles. The lowest BCUT2D eigenvalue weighted by Crippen LogP contribution is -2.12. The minimum Gasteiger partial charge on any atom is -0.467 e. The van der Waals surface area contributed by atoms with E-state index in [1.165, 1.54) is 0 Å². The maximum atomic E-state index is 12.5. The average Bonchev–Trinajstić information content (AvgIpc) is 2.50. The summed E-state index contributed by atoms with van der Waals surface area (Å²) in [6.45, 7) is 0.124. The van der Waals surface area contributed by atoms with Crippen LogP contribution in [0.4, 0.5) is 0 Å². The topological polar surface area (TPSA) is 52.6 Å². The second-order valence-electron chi connectivity index (χ2n) is 5.54. The van der Waals surface area contributed by atoms with Gasteiger partial charge in [0.1, 0.15) is 5.75 Å². The smallest absolute Gasteiger partial charge is 0.188 e. The number of carbonyl (C=O) groups is 2. The molecule has 1 atom stereocenters. The van der Waals surface area contributed by atoms with E-state index >= 15 is 0 Å². The Bertz CT molecular complexity index is 548. The highest BCUT2D eigenvalue weighted by molar-refractivity contribution is 5.98. The van der Waals surface area contributed by atoms with Gasteiger partial charge in [-0.15, -0.1) is 0 Å². The van der Waals surface area contributed by atoms with E-state index in [4.69, 9.17) is 9.47 Å². The molecule has 1 aliphatic rings. The van der Waals surface area contributed by atoms with Gasteiger partial charge in [0.25, 0.3) is 0 Å². The third kappa shape index (κ3) is 4.81. The van der Waals surface area contributed by atoms with Gasteiger partial charge in [-0.2, -0.15) is 0 Å². The maximum Gasteiger partial charge on any atom is 0.188 e. The second-order valence-corrected chi connectivity index (χ2v) is 5.54. The van der Waals surface area contributed by atoms with Crippen LogP contribution in [0.25, 0.3) is 0 Å². The molecule has 0 N–H and O–H groups in total. The molecule has 1 aromatic rings. The highest BCUT2D eigenvalue weighted by Gasteiger charge is 2.19. The molecule has 0 fully saturated rings. The second kappa shape index (κ2) is 8.49. The van der Waals surface area contributed by atoms with Gasteiger partial charge >= 0.3 is 0 Å². The molecule has 0 bridgehead atoms. The van der Waals surface area contributed by atoms with Crippen LogP contribution in [0.1, 0.15) is 42.5 Å². The van der Waals surface area contributed by atoms with Gasteiger partial charge in [0.2, 0.25) is 0 Å². The normalized spacial score (nSPS) is 20.0. The quantitative estimate of drug-likeness (QED) is 0.595. The summed E-state index contributed by atoms with van der Waals surface area (Å²) in [6, 6.07) is 7.24. The first-order chi connectivity index (χ1) is 10.7. The van der Waals surface area contributed by atoms with E-state index in [0.29, 0.717) is 24.2 Å². The van der Waals surface area contributed by atoms with Crippen molar-refractivity contribution in [2.24, 2.45) is 5.92 Å². The van der Waals surface area contributed by atoms with Crippen molar-refractivity contribution in [1.29, 1.82) is 0 Å². The lowest BCUT2D eigenvalue weighted by Gasteiger charge is -2.17. The molecule has 0 saturated heterocycles. The number of hydrogen-bond donors (Lipinski definition) is 0. The molecule has 4 heteroatoms. The lowest BCUT2D eigenvalue weighted by molar-refractivity contribution is -0.114. The van der Waals surface area contributed by atoms with Crippen LogP contribution in [-0.4, -0.2) is 25.5 Å². The van der Waals surface area contributed by atoms with E-state index in [-0.39, 0.29) is 24.3 Å². The van der Waals surface area contributed by atoms with E-state index in [1.807, 2.05) is 18.2 Å². The number of para-hydroxylation sites is 1. The van der Waals surface area contributed by atoms with Gasteiger partial charge in [0.15, 0.2) is 18.4 Å².